The molecule has 0 spiro atoms. The van der Waals surface area contributed by atoms with Gasteiger partial charge in [0.1, 0.15) is 0 Å². The molecule has 6 heteroatoms. The maximum Gasteiger partial charge on any atom is 0.191 e. The average molecular weight is 439 g/mol. The molecule has 0 bridgehead atoms. The van der Waals surface area contributed by atoms with Crippen LogP contribution in [0.25, 0.3) is 0 Å². The number of hydrogen-bond donors (Lipinski definition) is 2. The summed E-state index contributed by atoms with van der Waals surface area (Å²) in [7, 11) is 1.82. The lowest BCUT2D eigenvalue weighted by Gasteiger charge is -2.43. The second kappa shape index (κ2) is 9.05. The summed E-state index contributed by atoms with van der Waals surface area (Å²) in [5.74, 6) is 0.861. The van der Waals surface area contributed by atoms with Crippen LogP contribution >= 0.6 is 24.0 Å². The van der Waals surface area contributed by atoms with E-state index >= 15 is 0 Å². The van der Waals surface area contributed by atoms with Crippen molar-refractivity contribution in [1.82, 2.24) is 20.4 Å². The van der Waals surface area contributed by atoms with Crippen LogP contribution in [-0.4, -0.2) is 35.9 Å². The van der Waals surface area contributed by atoms with Gasteiger partial charge in [-0.05, 0) is 24.5 Å². The highest BCUT2D eigenvalue weighted by Gasteiger charge is 2.38. The van der Waals surface area contributed by atoms with E-state index in [1.807, 2.05) is 24.0 Å². The Morgan fingerprint density at radius 2 is 2.00 bits per heavy atom. The Morgan fingerprint density at radius 3 is 2.58 bits per heavy atom. The highest BCUT2D eigenvalue weighted by molar-refractivity contribution is 14.0. The summed E-state index contributed by atoms with van der Waals surface area (Å²) in [6.45, 7) is 2.57. The minimum Gasteiger partial charge on any atom is -0.356 e. The Labute approximate surface area is 161 Å². The molecule has 1 aliphatic carbocycles. The normalized spacial score (nSPS) is 16.0. The van der Waals surface area contributed by atoms with Crippen LogP contribution in [0.3, 0.4) is 0 Å². The van der Waals surface area contributed by atoms with Crippen molar-refractivity contribution in [2.24, 2.45) is 4.99 Å². The molecule has 1 aliphatic rings. The van der Waals surface area contributed by atoms with Gasteiger partial charge in [-0.25, -0.2) is 0 Å². The molecule has 0 atom stereocenters. The minimum absolute atomic E-state index is 0. The first-order chi connectivity index (χ1) is 11.3. The molecule has 1 aromatic heterocycles. The van der Waals surface area contributed by atoms with E-state index in [4.69, 9.17) is 0 Å². The highest BCUT2D eigenvalue weighted by atomic mass is 127. The lowest BCUT2D eigenvalue weighted by atomic mass is 9.64. The topological polar surface area (TPSA) is 54.2 Å². The van der Waals surface area contributed by atoms with Gasteiger partial charge in [0.05, 0.1) is 6.54 Å². The maximum atomic E-state index is 4.33. The molecule has 3 rings (SSSR count). The van der Waals surface area contributed by atoms with Crippen LogP contribution in [0, 0.1) is 0 Å². The predicted octanol–water partition coefficient (Wildman–Crippen LogP) is 2.79. The van der Waals surface area contributed by atoms with E-state index in [0.717, 1.165) is 25.6 Å². The molecule has 0 saturated heterocycles. The summed E-state index contributed by atoms with van der Waals surface area (Å²) in [5.41, 5.74) is 1.70. The van der Waals surface area contributed by atoms with E-state index < -0.39 is 0 Å². The number of guanidine groups is 1. The smallest absolute Gasteiger partial charge is 0.191 e. The molecule has 0 aliphatic heterocycles. The number of halogens is 1. The molecule has 2 N–H and O–H groups in total. The van der Waals surface area contributed by atoms with Gasteiger partial charge in [-0.3, -0.25) is 9.67 Å². The van der Waals surface area contributed by atoms with E-state index in [-0.39, 0.29) is 29.4 Å². The molecule has 130 valence electrons. The Hall–Kier alpha value is -1.57. The molecular weight excluding hydrogens is 413 g/mol. The SMILES string of the molecule is CN=C(NCCn1cccn1)NCC1(c2ccccc2)CCC1.I. The van der Waals surface area contributed by atoms with E-state index in [9.17, 15) is 0 Å². The van der Waals surface area contributed by atoms with Crippen molar-refractivity contribution >= 4 is 29.9 Å². The van der Waals surface area contributed by atoms with E-state index in [2.05, 4.69) is 51.1 Å². The molecule has 1 heterocycles. The monoisotopic (exact) mass is 439 g/mol. The third-order valence-electron chi connectivity index (χ3n) is 4.71. The van der Waals surface area contributed by atoms with Crippen molar-refractivity contribution in [2.75, 3.05) is 20.1 Å². The third kappa shape index (κ3) is 4.49. The molecule has 0 unspecified atom stereocenters. The molecule has 5 nitrogen and oxygen atoms in total. The van der Waals surface area contributed by atoms with Gasteiger partial charge >= 0.3 is 0 Å². The lowest BCUT2D eigenvalue weighted by Crippen LogP contribution is -2.49. The Bertz CT molecular complexity index is 620. The van der Waals surface area contributed by atoms with Crippen LogP contribution in [0.1, 0.15) is 24.8 Å². The predicted molar refractivity (Wildman–Crippen MR) is 109 cm³/mol. The number of nitrogens with one attached hydrogen (secondary N) is 2. The second-order valence-electron chi connectivity index (χ2n) is 6.12. The lowest BCUT2D eigenvalue weighted by molar-refractivity contribution is 0.244. The fourth-order valence-corrected chi connectivity index (χ4v) is 3.16. The molecule has 1 fully saturated rings. The van der Waals surface area contributed by atoms with Gasteiger partial charge < -0.3 is 10.6 Å². The summed E-state index contributed by atoms with van der Waals surface area (Å²) in [6, 6.07) is 12.8. The largest absolute Gasteiger partial charge is 0.356 e. The highest BCUT2D eigenvalue weighted by Crippen LogP contribution is 2.43. The maximum absolute atomic E-state index is 4.33. The Balaban J connectivity index is 0.00000208. The van der Waals surface area contributed by atoms with Crippen molar-refractivity contribution in [3.05, 3.63) is 54.4 Å². The van der Waals surface area contributed by atoms with Crippen LogP contribution in [-0.2, 0) is 12.0 Å². The van der Waals surface area contributed by atoms with Gasteiger partial charge in [-0.2, -0.15) is 5.10 Å². The van der Waals surface area contributed by atoms with E-state index in [1.54, 1.807) is 6.20 Å². The molecule has 0 amide bonds. The quantitative estimate of drug-likeness (QED) is 0.414. The summed E-state index contributed by atoms with van der Waals surface area (Å²) in [4.78, 5) is 4.33. The van der Waals surface area contributed by atoms with Gasteiger partial charge in [0, 0.05) is 37.9 Å². The molecular formula is C18H26IN5. The molecule has 1 aromatic carbocycles. The van der Waals surface area contributed by atoms with Crippen molar-refractivity contribution in [2.45, 2.75) is 31.2 Å². The summed E-state index contributed by atoms with van der Waals surface area (Å²) >= 11 is 0. The third-order valence-corrected chi connectivity index (χ3v) is 4.71. The Morgan fingerprint density at radius 1 is 1.21 bits per heavy atom. The zero-order chi connectivity index (χ0) is 16.0. The summed E-state index contributed by atoms with van der Waals surface area (Å²) in [6.07, 6.45) is 7.56. The fourth-order valence-electron chi connectivity index (χ4n) is 3.16. The molecule has 24 heavy (non-hydrogen) atoms. The second-order valence-corrected chi connectivity index (χ2v) is 6.12. The molecule has 0 radical (unpaired) electrons. The van der Waals surface area contributed by atoms with Gasteiger partial charge in [-0.15, -0.1) is 24.0 Å². The van der Waals surface area contributed by atoms with Gasteiger partial charge in [0.25, 0.3) is 0 Å². The summed E-state index contributed by atoms with van der Waals surface area (Å²) in [5, 5.41) is 11.1. The van der Waals surface area contributed by atoms with Crippen molar-refractivity contribution in [1.29, 1.82) is 0 Å². The van der Waals surface area contributed by atoms with Crippen LogP contribution in [0.5, 0.6) is 0 Å². The Kier molecular flexibility index (Phi) is 7.08. The average Bonchev–Trinajstić information content (AvgIpc) is 3.06. The first-order valence-electron chi connectivity index (χ1n) is 8.30. The standard InChI is InChI=1S/C18H25N5.HI/c1-19-17(20-12-14-23-13-6-11-22-23)21-15-18(9-5-10-18)16-7-3-2-4-8-16;/h2-4,6-8,11,13H,5,9-10,12,14-15H2,1H3,(H2,19,20,21);1H. The fraction of sp³-hybridized carbons (Fsp3) is 0.444. The van der Waals surface area contributed by atoms with Crippen LogP contribution in [0.15, 0.2) is 53.8 Å². The number of benzene rings is 1. The van der Waals surface area contributed by atoms with Crippen LogP contribution in [0.4, 0.5) is 0 Å². The van der Waals surface area contributed by atoms with Crippen LogP contribution < -0.4 is 10.6 Å². The van der Waals surface area contributed by atoms with Gasteiger partial charge in [0.2, 0.25) is 0 Å². The molecule has 2 aromatic rings. The van der Waals surface area contributed by atoms with Crippen molar-refractivity contribution < 1.29 is 0 Å². The zero-order valence-corrected chi connectivity index (χ0v) is 16.4. The number of aliphatic imine (C=N–C) groups is 1. The molecule has 1 saturated carbocycles. The van der Waals surface area contributed by atoms with E-state index in [0.29, 0.717) is 0 Å². The summed E-state index contributed by atoms with van der Waals surface area (Å²) < 4.78 is 1.91. The number of rotatable bonds is 6. The van der Waals surface area contributed by atoms with Crippen molar-refractivity contribution in [3.63, 3.8) is 0 Å². The number of aromatic nitrogens is 2. The van der Waals surface area contributed by atoms with Crippen LogP contribution in [0.2, 0.25) is 0 Å². The first kappa shape index (κ1) is 18.8. The first-order valence-corrected chi connectivity index (χ1v) is 8.30. The van der Waals surface area contributed by atoms with Crippen molar-refractivity contribution in [3.8, 4) is 0 Å². The zero-order valence-electron chi connectivity index (χ0n) is 14.1. The minimum atomic E-state index is 0. The number of hydrogen-bond acceptors (Lipinski definition) is 2. The van der Waals surface area contributed by atoms with Gasteiger partial charge in [-0.1, -0.05) is 36.8 Å². The van der Waals surface area contributed by atoms with Gasteiger partial charge in [0.15, 0.2) is 5.96 Å². The van der Waals surface area contributed by atoms with E-state index in [1.165, 1.54) is 24.8 Å². The number of nitrogens with zero attached hydrogens (tertiary/aromatic N) is 3.